The van der Waals surface area contributed by atoms with Gasteiger partial charge in [-0.15, -0.1) is 0 Å². The number of esters is 1. The van der Waals surface area contributed by atoms with Gasteiger partial charge >= 0.3 is 5.97 Å². The zero-order valence-electron chi connectivity index (χ0n) is 14.9. The van der Waals surface area contributed by atoms with E-state index in [1.807, 2.05) is 24.3 Å². The monoisotopic (exact) mass is 383 g/mol. The second-order valence-corrected chi connectivity index (χ2v) is 7.27. The molecule has 0 aromatic heterocycles. The molecule has 4 rings (SSSR count). The molecule has 1 heterocycles. The van der Waals surface area contributed by atoms with Crippen molar-refractivity contribution < 1.29 is 19.1 Å². The van der Waals surface area contributed by atoms with Crippen molar-refractivity contribution in [3.05, 3.63) is 64.7 Å². The van der Waals surface area contributed by atoms with Crippen LogP contribution in [0.15, 0.2) is 48.5 Å². The minimum Gasteiger partial charge on any atom is -0.466 e. The Balaban J connectivity index is 1.83. The number of hydrogen-bond donors (Lipinski definition) is 0. The molecule has 3 atom stereocenters. The first kappa shape index (κ1) is 17.7. The minimum absolute atomic E-state index is 0.193. The second-order valence-electron chi connectivity index (χ2n) is 6.83. The maximum absolute atomic E-state index is 13.2. The normalized spacial score (nSPS) is 25.4. The topological polar surface area (TPSA) is 63.7 Å². The highest BCUT2D eigenvalue weighted by atomic mass is 35.5. The van der Waals surface area contributed by atoms with Crippen LogP contribution in [-0.4, -0.2) is 31.3 Å². The molecule has 0 bridgehead atoms. The number of benzene rings is 2. The number of likely N-dealkylation sites (N-methyl/N-ethyl adjacent to an activating group) is 1. The summed E-state index contributed by atoms with van der Waals surface area (Å²) in [6.45, 7) is 1.90. The largest absolute Gasteiger partial charge is 0.466 e. The third-order valence-corrected chi connectivity index (χ3v) is 5.78. The number of anilines is 1. The average molecular weight is 384 g/mol. The molecule has 2 aromatic carbocycles. The van der Waals surface area contributed by atoms with E-state index in [1.54, 1.807) is 38.2 Å². The molecule has 0 saturated heterocycles. The van der Waals surface area contributed by atoms with Crippen LogP contribution in [0.5, 0.6) is 0 Å². The number of Topliss-reactive ketones (excluding diaryl/α,β-unsaturated/α-hetero) is 1. The van der Waals surface area contributed by atoms with E-state index in [2.05, 4.69) is 0 Å². The number of nitrogens with zero attached hydrogens (tertiary/aromatic N) is 1. The zero-order valence-corrected chi connectivity index (χ0v) is 15.7. The van der Waals surface area contributed by atoms with Gasteiger partial charge in [-0.3, -0.25) is 14.4 Å². The molecule has 1 unspecified atom stereocenters. The molecule has 1 aliphatic carbocycles. The summed E-state index contributed by atoms with van der Waals surface area (Å²) in [5.74, 6) is -2.60. The standard InChI is InChI=1S/C21H18ClNO4/c1-3-27-19(25)17-16(18(24)12-8-10-13(22)11-9-12)21(17)14-6-4-5-7-15(14)23(2)20(21)26/h4-11,16-17H,3H2,1-2H3/t16-,17-,21?/m1/s1. The van der Waals surface area contributed by atoms with Gasteiger partial charge in [0.1, 0.15) is 5.41 Å². The maximum Gasteiger partial charge on any atom is 0.311 e. The SMILES string of the molecule is CCOC(=O)[C@H]1[C@H](C(=O)c2ccc(Cl)cc2)C12C(=O)N(C)c1ccccc12. The van der Waals surface area contributed by atoms with Crippen LogP contribution in [0.25, 0.3) is 0 Å². The summed E-state index contributed by atoms with van der Waals surface area (Å²) in [4.78, 5) is 40.6. The van der Waals surface area contributed by atoms with Crippen LogP contribution >= 0.6 is 11.6 Å². The lowest BCUT2D eigenvalue weighted by Gasteiger charge is -2.11. The summed E-state index contributed by atoms with van der Waals surface area (Å²) in [7, 11) is 1.67. The van der Waals surface area contributed by atoms with Crippen LogP contribution < -0.4 is 4.90 Å². The van der Waals surface area contributed by atoms with Gasteiger partial charge in [-0.2, -0.15) is 0 Å². The molecule has 1 spiro atoms. The molecule has 138 valence electrons. The number of carbonyl (C=O) groups excluding carboxylic acids is 3. The molecule has 1 aliphatic heterocycles. The van der Waals surface area contributed by atoms with Crippen molar-refractivity contribution in [2.24, 2.45) is 11.8 Å². The lowest BCUT2D eigenvalue weighted by atomic mass is 9.91. The van der Waals surface area contributed by atoms with Gasteiger partial charge < -0.3 is 9.64 Å². The van der Waals surface area contributed by atoms with E-state index in [1.165, 1.54) is 4.90 Å². The molecule has 0 radical (unpaired) electrons. The van der Waals surface area contributed by atoms with E-state index < -0.39 is 23.2 Å². The fourth-order valence-electron chi connectivity index (χ4n) is 4.31. The molecule has 2 aliphatic rings. The molecule has 2 aromatic rings. The van der Waals surface area contributed by atoms with E-state index in [4.69, 9.17) is 16.3 Å². The van der Waals surface area contributed by atoms with Gasteiger partial charge in [0.25, 0.3) is 0 Å². The van der Waals surface area contributed by atoms with E-state index in [0.717, 1.165) is 5.69 Å². The van der Waals surface area contributed by atoms with Gasteiger partial charge in [0, 0.05) is 23.3 Å². The molecule has 6 heteroatoms. The van der Waals surface area contributed by atoms with Gasteiger partial charge in [-0.05, 0) is 42.8 Å². The number of ketones is 1. The first-order valence-electron chi connectivity index (χ1n) is 8.78. The first-order valence-corrected chi connectivity index (χ1v) is 9.16. The van der Waals surface area contributed by atoms with Crippen molar-refractivity contribution in [2.45, 2.75) is 12.3 Å². The summed E-state index contributed by atoms with van der Waals surface area (Å²) in [6, 6.07) is 13.8. The smallest absolute Gasteiger partial charge is 0.311 e. The lowest BCUT2D eigenvalue weighted by molar-refractivity contribution is -0.146. The third kappa shape index (κ3) is 2.34. The second kappa shape index (κ2) is 6.20. The molecule has 1 fully saturated rings. The summed E-state index contributed by atoms with van der Waals surface area (Å²) in [6.07, 6.45) is 0. The molecular formula is C21H18ClNO4. The van der Waals surface area contributed by atoms with E-state index in [0.29, 0.717) is 16.1 Å². The van der Waals surface area contributed by atoms with Crippen LogP contribution in [0, 0.1) is 11.8 Å². The van der Waals surface area contributed by atoms with Crippen LogP contribution in [-0.2, 0) is 19.7 Å². The number of ether oxygens (including phenoxy) is 1. The van der Waals surface area contributed by atoms with Crippen LogP contribution in [0.2, 0.25) is 5.02 Å². The van der Waals surface area contributed by atoms with Gasteiger partial charge in [-0.1, -0.05) is 29.8 Å². The Kier molecular flexibility index (Phi) is 4.07. The fourth-order valence-corrected chi connectivity index (χ4v) is 4.44. The summed E-state index contributed by atoms with van der Waals surface area (Å²) in [5.41, 5.74) is 0.676. The van der Waals surface area contributed by atoms with Crippen molar-refractivity contribution in [1.82, 2.24) is 0 Å². The Morgan fingerprint density at radius 1 is 1.11 bits per heavy atom. The number of amides is 1. The van der Waals surface area contributed by atoms with Gasteiger partial charge in [0.15, 0.2) is 5.78 Å². The van der Waals surface area contributed by atoms with E-state index in [9.17, 15) is 14.4 Å². The van der Waals surface area contributed by atoms with Crippen molar-refractivity contribution in [2.75, 3.05) is 18.6 Å². The Labute approximate surface area is 161 Å². The van der Waals surface area contributed by atoms with E-state index >= 15 is 0 Å². The number of para-hydroxylation sites is 1. The Bertz CT molecular complexity index is 955. The quantitative estimate of drug-likeness (QED) is 0.600. The van der Waals surface area contributed by atoms with Gasteiger partial charge in [-0.25, -0.2) is 0 Å². The molecule has 1 amide bonds. The van der Waals surface area contributed by atoms with Crippen molar-refractivity contribution >= 4 is 34.9 Å². The predicted molar refractivity (Wildman–Crippen MR) is 101 cm³/mol. The highest BCUT2D eigenvalue weighted by molar-refractivity contribution is 6.30. The Morgan fingerprint density at radius 2 is 1.78 bits per heavy atom. The molecule has 27 heavy (non-hydrogen) atoms. The highest BCUT2D eigenvalue weighted by Crippen LogP contribution is 2.67. The van der Waals surface area contributed by atoms with E-state index in [-0.39, 0.29) is 18.3 Å². The summed E-state index contributed by atoms with van der Waals surface area (Å²) in [5, 5.41) is 0.515. The van der Waals surface area contributed by atoms with Crippen molar-refractivity contribution in [3.8, 4) is 0 Å². The molecular weight excluding hydrogens is 366 g/mol. The van der Waals surface area contributed by atoms with Crippen LogP contribution in [0.4, 0.5) is 5.69 Å². The van der Waals surface area contributed by atoms with Crippen LogP contribution in [0.3, 0.4) is 0 Å². The number of hydrogen-bond acceptors (Lipinski definition) is 4. The van der Waals surface area contributed by atoms with Gasteiger partial charge in [0.05, 0.1) is 18.4 Å². The summed E-state index contributed by atoms with van der Waals surface area (Å²) < 4.78 is 5.20. The van der Waals surface area contributed by atoms with Crippen LogP contribution in [0.1, 0.15) is 22.8 Å². The Morgan fingerprint density at radius 3 is 2.44 bits per heavy atom. The molecule has 0 N–H and O–H groups in total. The maximum atomic E-state index is 13.2. The third-order valence-electron chi connectivity index (χ3n) is 5.53. The molecule has 5 nitrogen and oxygen atoms in total. The number of halogens is 1. The van der Waals surface area contributed by atoms with Crippen molar-refractivity contribution in [1.29, 1.82) is 0 Å². The number of fused-ring (bicyclic) bond motifs is 2. The number of rotatable bonds is 4. The number of carbonyl (C=O) groups is 3. The first-order chi connectivity index (χ1) is 12.9. The lowest BCUT2D eigenvalue weighted by Crippen LogP contribution is -2.32. The zero-order chi connectivity index (χ0) is 19.3. The predicted octanol–water partition coefficient (Wildman–Crippen LogP) is 3.25. The fraction of sp³-hybridized carbons (Fsp3) is 0.286. The summed E-state index contributed by atoms with van der Waals surface area (Å²) >= 11 is 5.92. The average Bonchev–Trinajstić information content (AvgIpc) is 3.32. The Hall–Kier alpha value is -2.66. The highest BCUT2D eigenvalue weighted by Gasteiger charge is 2.79. The van der Waals surface area contributed by atoms with Crippen molar-refractivity contribution in [3.63, 3.8) is 0 Å². The minimum atomic E-state index is -1.19. The van der Waals surface area contributed by atoms with Gasteiger partial charge in [0.2, 0.25) is 5.91 Å². The molecule has 1 saturated carbocycles.